The number of aryl methyl sites for hydroxylation is 1. The molecule has 0 amide bonds. The fraction of sp³-hybridized carbons (Fsp3) is 0.533. The Balaban J connectivity index is 0.00000180. The number of nitrogens with two attached hydrogens (primary N) is 1. The number of benzene rings is 1. The molecule has 0 aromatic heterocycles. The molecule has 4 heteroatoms. The molecule has 0 atom stereocenters. The second-order valence-corrected chi connectivity index (χ2v) is 5.00. The van der Waals surface area contributed by atoms with Gasteiger partial charge in [0.25, 0.3) is 0 Å². The monoisotopic (exact) mass is 373 g/mol. The molecule has 1 saturated heterocycles. The first-order chi connectivity index (χ1) is 8.77. The Kier molecular flexibility index (Phi) is 7.20. The van der Waals surface area contributed by atoms with Crippen LogP contribution in [0, 0.1) is 6.92 Å². The van der Waals surface area contributed by atoms with Crippen molar-refractivity contribution in [3.63, 3.8) is 0 Å². The fourth-order valence-corrected chi connectivity index (χ4v) is 2.35. The van der Waals surface area contributed by atoms with Crippen LogP contribution in [0.3, 0.4) is 0 Å². The van der Waals surface area contributed by atoms with Gasteiger partial charge in [-0.2, -0.15) is 0 Å². The van der Waals surface area contributed by atoms with Gasteiger partial charge in [-0.15, -0.1) is 24.0 Å². The molecule has 1 aromatic rings. The number of likely N-dealkylation sites (tertiary alicyclic amines) is 1. The van der Waals surface area contributed by atoms with Crippen LogP contribution in [0.2, 0.25) is 0 Å². The summed E-state index contributed by atoms with van der Waals surface area (Å²) >= 11 is 0. The minimum absolute atomic E-state index is 0. The van der Waals surface area contributed by atoms with E-state index < -0.39 is 0 Å². The molecule has 1 heterocycles. The molecule has 0 spiro atoms. The Hall–Kier alpha value is -0.780. The molecule has 0 saturated carbocycles. The van der Waals surface area contributed by atoms with Crippen molar-refractivity contribution in [1.29, 1.82) is 0 Å². The second-order valence-electron chi connectivity index (χ2n) is 5.00. The van der Waals surface area contributed by atoms with Crippen molar-refractivity contribution in [3.8, 4) is 0 Å². The Morgan fingerprint density at radius 1 is 1.16 bits per heavy atom. The first-order valence-corrected chi connectivity index (χ1v) is 6.87. The molecule has 1 fully saturated rings. The molecule has 1 aliphatic heterocycles. The first kappa shape index (κ1) is 16.3. The van der Waals surface area contributed by atoms with Gasteiger partial charge in [0.2, 0.25) is 0 Å². The average molecular weight is 373 g/mol. The van der Waals surface area contributed by atoms with E-state index in [0.717, 1.165) is 13.1 Å². The minimum Gasteiger partial charge on any atom is -0.370 e. The zero-order chi connectivity index (χ0) is 12.8. The van der Waals surface area contributed by atoms with Crippen LogP contribution in [0.5, 0.6) is 0 Å². The smallest absolute Gasteiger partial charge is 0.191 e. The quantitative estimate of drug-likeness (QED) is 0.491. The van der Waals surface area contributed by atoms with Crippen molar-refractivity contribution in [2.24, 2.45) is 10.7 Å². The Morgan fingerprint density at radius 3 is 2.42 bits per heavy atom. The third-order valence-electron chi connectivity index (χ3n) is 3.60. The lowest BCUT2D eigenvalue weighted by atomic mass is 10.1. The van der Waals surface area contributed by atoms with Gasteiger partial charge < -0.3 is 10.6 Å². The molecule has 106 valence electrons. The maximum absolute atomic E-state index is 6.09. The van der Waals surface area contributed by atoms with Crippen LogP contribution in [-0.2, 0) is 6.54 Å². The highest BCUT2D eigenvalue weighted by molar-refractivity contribution is 14.0. The molecule has 1 aromatic carbocycles. The van der Waals surface area contributed by atoms with Crippen LogP contribution < -0.4 is 5.73 Å². The number of aliphatic imine (C=N–C) groups is 1. The lowest BCUT2D eigenvalue weighted by Crippen LogP contribution is -2.38. The van der Waals surface area contributed by atoms with Gasteiger partial charge in [-0.25, -0.2) is 4.99 Å². The summed E-state index contributed by atoms with van der Waals surface area (Å²) in [5, 5.41) is 0. The molecule has 2 rings (SSSR count). The number of halogens is 1. The van der Waals surface area contributed by atoms with Crippen LogP contribution in [0.25, 0.3) is 0 Å². The third kappa shape index (κ3) is 5.01. The van der Waals surface area contributed by atoms with E-state index in [2.05, 4.69) is 41.1 Å². The minimum atomic E-state index is 0. The zero-order valence-electron chi connectivity index (χ0n) is 11.6. The number of guanidine groups is 1. The second kappa shape index (κ2) is 8.40. The zero-order valence-corrected chi connectivity index (χ0v) is 14.0. The van der Waals surface area contributed by atoms with Crippen molar-refractivity contribution in [2.45, 2.75) is 39.2 Å². The summed E-state index contributed by atoms with van der Waals surface area (Å²) < 4.78 is 0. The highest BCUT2D eigenvalue weighted by Gasteiger charge is 2.10. The highest BCUT2D eigenvalue weighted by Crippen LogP contribution is 2.11. The molecule has 0 radical (unpaired) electrons. The van der Waals surface area contributed by atoms with Crippen molar-refractivity contribution < 1.29 is 0 Å². The van der Waals surface area contributed by atoms with E-state index in [1.54, 1.807) is 0 Å². The van der Waals surface area contributed by atoms with E-state index >= 15 is 0 Å². The normalized spacial score (nSPS) is 16.7. The standard InChI is InChI=1S/C15H23N3.HI/c1-13-8-4-5-9-14(13)12-17-15(16)18-10-6-2-3-7-11-18;/h4-5,8-9H,2-3,6-7,10-12H2,1H3,(H2,16,17);1H. The molecule has 0 unspecified atom stereocenters. The summed E-state index contributed by atoms with van der Waals surface area (Å²) in [5.41, 5.74) is 8.63. The van der Waals surface area contributed by atoms with E-state index in [4.69, 9.17) is 5.73 Å². The van der Waals surface area contributed by atoms with Crippen LogP contribution in [0.15, 0.2) is 29.3 Å². The molecular weight excluding hydrogens is 349 g/mol. The van der Waals surface area contributed by atoms with Crippen molar-refractivity contribution in [2.75, 3.05) is 13.1 Å². The first-order valence-electron chi connectivity index (χ1n) is 6.87. The molecule has 19 heavy (non-hydrogen) atoms. The summed E-state index contributed by atoms with van der Waals surface area (Å²) in [7, 11) is 0. The lowest BCUT2D eigenvalue weighted by molar-refractivity contribution is 0.428. The van der Waals surface area contributed by atoms with E-state index in [0.29, 0.717) is 12.5 Å². The SMILES string of the molecule is Cc1ccccc1CN=C(N)N1CCCCCC1.I. The van der Waals surface area contributed by atoms with Crippen molar-refractivity contribution in [3.05, 3.63) is 35.4 Å². The van der Waals surface area contributed by atoms with Gasteiger partial charge in [0.1, 0.15) is 0 Å². The van der Waals surface area contributed by atoms with Gasteiger partial charge in [0, 0.05) is 13.1 Å². The average Bonchev–Trinajstić information content (AvgIpc) is 2.66. The Labute approximate surface area is 133 Å². The van der Waals surface area contributed by atoms with Gasteiger partial charge >= 0.3 is 0 Å². The number of hydrogen-bond donors (Lipinski definition) is 1. The highest BCUT2D eigenvalue weighted by atomic mass is 127. The topological polar surface area (TPSA) is 41.6 Å². The van der Waals surface area contributed by atoms with Gasteiger partial charge in [-0.05, 0) is 30.9 Å². The maximum Gasteiger partial charge on any atom is 0.191 e. The number of rotatable bonds is 2. The van der Waals surface area contributed by atoms with E-state index in [1.165, 1.54) is 36.8 Å². The summed E-state index contributed by atoms with van der Waals surface area (Å²) in [6.45, 7) is 4.92. The van der Waals surface area contributed by atoms with Crippen LogP contribution in [0.1, 0.15) is 36.8 Å². The number of nitrogens with zero attached hydrogens (tertiary/aromatic N) is 2. The molecule has 3 nitrogen and oxygen atoms in total. The van der Waals surface area contributed by atoms with E-state index in [9.17, 15) is 0 Å². The molecule has 1 aliphatic rings. The fourth-order valence-electron chi connectivity index (χ4n) is 2.35. The van der Waals surface area contributed by atoms with E-state index in [-0.39, 0.29) is 24.0 Å². The summed E-state index contributed by atoms with van der Waals surface area (Å²) in [4.78, 5) is 6.77. The molecule has 0 aliphatic carbocycles. The Morgan fingerprint density at radius 2 is 1.79 bits per heavy atom. The predicted molar refractivity (Wildman–Crippen MR) is 92.0 cm³/mol. The Bertz CT molecular complexity index is 410. The predicted octanol–water partition coefficient (Wildman–Crippen LogP) is 3.30. The van der Waals surface area contributed by atoms with Gasteiger partial charge in [0.05, 0.1) is 6.54 Å². The van der Waals surface area contributed by atoms with Gasteiger partial charge in [0.15, 0.2) is 5.96 Å². The third-order valence-corrected chi connectivity index (χ3v) is 3.60. The largest absolute Gasteiger partial charge is 0.370 e. The van der Waals surface area contributed by atoms with Crippen molar-refractivity contribution in [1.82, 2.24) is 4.90 Å². The summed E-state index contributed by atoms with van der Waals surface area (Å²) in [6.07, 6.45) is 5.12. The van der Waals surface area contributed by atoms with Crippen LogP contribution in [0.4, 0.5) is 0 Å². The summed E-state index contributed by atoms with van der Waals surface area (Å²) in [6, 6.07) is 8.35. The molecule has 0 bridgehead atoms. The molecular formula is C15H24IN3. The van der Waals surface area contributed by atoms with Gasteiger partial charge in [-0.1, -0.05) is 37.1 Å². The van der Waals surface area contributed by atoms with E-state index in [1.807, 2.05) is 0 Å². The van der Waals surface area contributed by atoms with Crippen LogP contribution >= 0.6 is 24.0 Å². The van der Waals surface area contributed by atoms with Crippen molar-refractivity contribution >= 4 is 29.9 Å². The lowest BCUT2D eigenvalue weighted by Gasteiger charge is -2.21. The molecule has 2 N–H and O–H groups in total. The van der Waals surface area contributed by atoms with Gasteiger partial charge in [-0.3, -0.25) is 0 Å². The van der Waals surface area contributed by atoms with Crippen LogP contribution in [-0.4, -0.2) is 23.9 Å². The summed E-state index contributed by atoms with van der Waals surface area (Å²) in [5.74, 6) is 0.708. The maximum atomic E-state index is 6.09. The number of hydrogen-bond acceptors (Lipinski definition) is 1.